The standard InChI is InChI=1S/C15H16FN3O3S/c1-9(14(21)19-4-6-22-7-5-19)23-15-17-12-3-2-10(16)8-11(12)13(20)18-15/h2-3,8-9H,4-7H2,1H3,(H,17,18,20)/t9-/m1/s1. The predicted molar refractivity (Wildman–Crippen MR) is 85.0 cm³/mol. The Kier molecular flexibility index (Phi) is 4.63. The van der Waals surface area contributed by atoms with Crippen molar-refractivity contribution in [2.75, 3.05) is 26.3 Å². The number of morpholine rings is 1. The summed E-state index contributed by atoms with van der Waals surface area (Å²) < 4.78 is 18.4. The quantitative estimate of drug-likeness (QED) is 0.677. The Bertz CT molecular complexity index is 789. The first-order chi connectivity index (χ1) is 11.0. The third-order valence-corrected chi connectivity index (χ3v) is 4.58. The Hall–Kier alpha value is -1.93. The number of aromatic amines is 1. The van der Waals surface area contributed by atoms with Gasteiger partial charge in [-0.05, 0) is 25.1 Å². The third-order valence-electron chi connectivity index (χ3n) is 3.60. The summed E-state index contributed by atoms with van der Waals surface area (Å²) in [4.78, 5) is 33.0. The highest BCUT2D eigenvalue weighted by molar-refractivity contribution is 8.00. The first kappa shape index (κ1) is 15.9. The van der Waals surface area contributed by atoms with Crippen LogP contribution >= 0.6 is 11.8 Å². The van der Waals surface area contributed by atoms with Crippen LogP contribution in [0.5, 0.6) is 0 Å². The van der Waals surface area contributed by atoms with Crippen LogP contribution in [0.2, 0.25) is 0 Å². The molecule has 1 fully saturated rings. The van der Waals surface area contributed by atoms with Gasteiger partial charge < -0.3 is 14.6 Å². The fourth-order valence-electron chi connectivity index (χ4n) is 2.40. The van der Waals surface area contributed by atoms with Gasteiger partial charge in [0.25, 0.3) is 5.56 Å². The number of halogens is 1. The number of nitrogens with zero attached hydrogens (tertiary/aromatic N) is 2. The van der Waals surface area contributed by atoms with Gasteiger partial charge in [0.15, 0.2) is 5.16 Å². The van der Waals surface area contributed by atoms with E-state index in [9.17, 15) is 14.0 Å². The van der Waals surface area contributed by atoms with Crippen LogP contribution in [0.25, 0.3) is 10.9 Å². The van der Waals surface area contributed by atoms with Gasteiger partial charge >= 0.3 is 0 Å². The monoisotopic (exact) mass is 337 g/mol. The molecule has 1 atom stereocenters. The fourth-order valence-corrected chi connectivity index (χ4v) is 3.29. The summed E-state index contributed by atoms with van der Waals surface area (Å²) in [6.45, 7) is 4.01. The number of thioether (sulfide) groups is 1. The summed E-state index contributed by atoms with van der Waals surface area (Å²) in [6, 6.07) is 3.86. The number of rotatable bonds is 3. The number of amides is 1. The van der Waals surface area contributed by atoms with E-state index in [2.05, 4.69) is 9.97 Å². The molecule has 1 aliphatic rings. The first-order valence-electron chi connectivity index (χ1n) is 7.27. The number of hydrogen-bond acceptors (Lipinski definition) is 5. The number of nitrogens with one attached hydrogen (secondary N) is 1. The predicted octanol–water partition coefficient (Wildman–Crippen LogP) is 1.40. The molecule has 0 bridgehead atoms. The molecule has 3 rings (SSSR count). The highest BCUT2D eigenvalue weighted by Crippen LogP contribution is 2.22. The second-order valence-electron chi connectivity index (χ2n) is 5.23. The van der Waals surface area contributed by atoms with Crippen LogP contribution in [0.3, 0.4) is 0 Å². The zero-order chi connectivity index (χ0) is 16.4. The van der Waals surface area contributed by atoms with Crippen LogP contribution in [0.1, 0.15) is 6.92 Å². The molecule has 8 heteroatoms. The Morgan fingerprint density at radius 2 is 2.17 bits per heavy atom. The normalized spacial score (nSPS) is 16.5. The van der Waals surface area contributed by atoms with Crippen molar-refractivity contribution in [1.82, 2.24) is 14.9 Å². The molecule has 1 amide bonds. The zero-order valence-corrected chi connectivity index (χ0v) is 13.4. The van der Waals surface area contributed by atoms with Crippen LogP contribution in [-0.4, -0.2) is 52.3 Å². The van der Waals surface area contributed by atoms with Crippen molar-refractivity contribution in [2.24, 2.45) is 0 Å². The van der Waals surface area contributed by atoms with E-state index in [0.717, 1.165) is 6.07 Å². The first-order valence-corrected chi connectivity index (χ1v) is 8.15. The largest absolute Gasteiger partial charge is 0.378 e. The summed E-state index contributed by atoms with van der Waals surface area (Å²) in [5, 5.41) is 0.166. The van der Waals surface area contributed by atoms with Gasteiger partial charge in [0.2, 0.25) is 5.91 Å². The smallest absolute Gasteiger partial charge is 0.259 e. The SMILES string of the molecule is C[C@@H](Sc1nc2ccc(F)cc2c(=O)[nH]1)C(=O)N1CCOCC1. The number of carbonyl (C=O) groups is 1. The zero-order valence-electron chi connectivity index (χ0n) is 12.5. The molecule has 122 valence electrons. The topological polar surface area (TPSA) is 75.3 Å². The van der Waals surface area contributed by atoms with Crippen LogP contribution in [0.4, 0.5) is 4.39 Å². The van der Waals surface area contributed by atoms with E-state index in [4.69, 9.17) is 4.74 Å². The Morgan fingerprint density at radius 1 is 1.43 bits per heavy atom. The van der Waals surface area contributed by atoms with E-state index in [1.807, 2.05) is 0 Å². The molecular formula is C15H16FN3O3S. The summed E-state index contributed by atoms with van der Waals surface area (Å²) in [6.07, 6.45) is 0. The molecule has 1 aromatic carbocycles. The third kappa shape index (κ3) is 3.53. The van der Waals surface area contributed by atoms with Gasteiger partial charge in [0.05, 0.1) is 29.4 Å². The van der Waals surface area contributed by atoms with Crippen LogP contribution in [0.15, 0.2) is 28.2 Å². The molecule has 1 N–H and O–H groups in total. The van der Waals surface area contributed by atoms with E-state index in [-0.39, 0.29) is 16.5 Å². The maximum atomic E-state index is 13.2. The van der Waals surface area contributed by atoms with Gasteiger partial charge in [-0.15, -0.1) is 0 Å². The van der Waals surface area contributed by atoms with E-state index in [0.29, 0.717) is 37.0 Å². The number of fused-ring (bicyclic) bond motifs is 1. The van der Waals surface area contributed by atoms with Gasteiger partial charge in [-0.3, -0.25) is 9.59 Å². The van der Waals surface area contributed by atoms with Crippen molar-refractivity contribution in [3.05, 3.63) is 34.4 Å². The molecule has 1 saturated heterocycles. The van der Waals surface area contributed by atoms with Crippen molar-refractivity contribution in [1.29, 1.82) is 0 Å². The highest BCUT2D eigenvalue weighted by Gasteiger charge is 2.24. The lowest BCUT2D eigenvalue weighted by Crippen LogP contribution is -2.44. The molecular weight excluding hydrogens is 321 g/mol. The molecule has 0 unspecified atom stereocenters. The summed E-state index contributed by atoms with van der Waals surface area (Å²) in [5.74, 6) is -0.499. The van der Waals surface area contributed by atoms with Gasteiger partial charge in [0, 0.05) is 13.1 Å². The molecule has 0 saturated carbocycles. The number of aromatic nitrogens is 2. The van der Waals surface area contributed by atoms with Crippen molar-refractivity contribution >= 4 is 28.6 Å². The fraction of sp³-hybridized carbons (Fsp3) is 0.400. The lowest BCUT2D eigenvalue weighted by Gasteiger charge is -2.28. The van der Waals surface area contributed by atoms with Gasteiger partial charge in [-0.1, -0.05) is 11.8 Å². The summed E-state index contributed by atoms with van der Waals surface area (Å²) in [5.41, 5.74) is -0.00769. The van der Waals surface area contributed by atoms with E-state index < -0.39 is 11.4 Å². The molecule has 0 aliphatic carbocycles. The van der Waals surface area contributed by atoms with E-state index >= 15 is 0 Å². The molecule has 0 radical (unpaired) electrons. The number of H-pyrrole nitrogens is 1. The molecule has 1 aromatic heterocycles. The second-order valence-corrected chi connectivity index (χ2v) is 6.56. The summed E-state index contributed by atoms with van der Waals surface area (Å²) >= 11 is 1.19. The van der Waals surface area contributed by atoms with Crippen molar-refractivity contribution in [2.45, 2.75) is 17.3 Å². The minimum absolute atomic E-state index is 0.0137. The Labute approximate surface area is 136 Å². The summed E-state index contributed by atoms with van der Waals surface area (Å²) in [7, 11) is 0. The van der Waals surface area contributed by atoms with Crippen LogP contribution < -0.4 is 5.56 Å². The van der Waals surface area contributed by atoms with E-state index in [1.165, 1.54) is 23.9 Å². The average Bonchev–Trinajstić information content (AvgIpc) is 2.55. The molecule has 2 heterocycles. The number of benzene rings is 1. The molecule has 23 heavy (non-hydrogen) atoms. The van der Waals surface area contributed by atoms with Crippen molar-refractivity contribution in [3.8, 4) is 0 Å². The van der Waals surface area contributed by atoms with E-state index in [1.54, 1.807) is 11.8 Å². The number of hydrogen-bond donors (Lipinski definition) is 1. The minimum atomic E-state index is -0.485. The maximum Gasteiger partial charge on any atom is 0.259 e. The minimum Gasteiger partial charge on any atom is -0.378 e. The van der Waals surface area contributed by atoms with Gasteiger partial charge in [-0.2, -0.15) is 0 Å². The molecule has 2 aromatic rings. The maximum absolute atomic E-state index is 13.2. The molecule has 0 spiro atoms. The highest BCUT2D eigenvalue weighted by atomic mass is 32.2. The van der Waals surface area contributed by atoms with Crippen LogP contribution in [0, 0.1) is 5.82 Å². The van der Waals surface area contributed by atoms with Gasteiger partial charge in [-0.25, -0.2) is 9.37 Å². The lowest BCUT2D eigenvalue weighted by molar-refractivity contribution is -0.134. The average molecular weight is 337 g/mol. The number of carbonyl (C=O) groups excluding carboxylic acids is 1. The molecule has 1 aliphatic heterocycles. The second kappa shape index (κ2) is 6.67. The molecule has 6 nitrogen and oxygen atoms in total. The Balaban J connectivity index is 1.79. The van der Waals surface area contributed by atoms with Gasteiger partial charge in [0.1, 0.15) is 5.82 Å². The Morgan fingerprint density at radius 3 is 2.91 bits per heavy atom. The van der Waals surface area contributed by atoms with Crippen molar-refractivity contribution < 1.29 is 13.9 Å². The number of ether oxygens (including phenoxy) is 1. The van der Waals surface area contributed by atoms with Crippen LogP contribution in [-0.2, 0) is 9.53 Å². The lowest BCUT2D eigenvalue weighted by atomic mass is 10.2. The van der Waals surface area contributed by atoms with Crippen molar-refractivity contribution in [3.63, 3.8) is 0 Å².